The van der Waals surface area contributed by atoms with Crippen LogP contribution in [-0.2, 0) is 43.5 Å². The molecule has 0 spiro atoms. The molecule has 1 saturated heterocycles. The van der Waals surface area contributed by atoms with Crippen molar-refractivity contribution in [3.8, 4) is 0 Å². The SMILES string of the molecule is C=CCO[C@H]1[C@@H](OCc2ccccc2)[C@@H](COCc2ccccc2)OC(Cl)[C@@H]1OCc1ccccc1. The van der Waals surface area contributed by atoms with Crippen LogP contribution < -0.4 is 0 Å². The zero-order valence-electron chi connectivity index (χ0n) is 20.3. The molecule has 36 heavy (non-hydrogen) atoms. The quantitative estimate of drug-likeness (QED) is 0.212. The first-order chi connectivity index (χ1) is 17.7. The Balaban J connectivity index is 1.49. The first-order valence-electron chi connectivity index (χ1n) is 12.2. The summed E-state index contributed by atoms with van der Waals surface area (Å²) in [6, 6.07) is 30.0. The maximum absolute atomic E-state index is 6.73. The highest BCUT2D eigenvalue weighted by Gasteiger charge is 2.47. The predicted octanol–water partition coefficient (Wildman–Crippen LogP) is 5.91. The first-order valence-corrected chi connectivity index (χ1v) is 12.6. The zero-order chi connectivity index (χ0) is 25.0. The van der Waals surface area contributed by atoms with Gasteiger partial charge in [0.2, 0.25) is 0 Å². The van der Waals surface area contributed by atoms with Crippen molar-refractivity contribution in [2.45, 2.75) is 49.8 Å². The minimum atomic E-state index is -0.731. The third-order valence-electron chi connectivity index (χ3n) is 5.95. The van der Waals surface area contributed by atoms with Crippen molar-refractivity contribution in [1.29, 1.82) is 0 Å². The van der Waals surface area contributed by atoms with Gasteiger partial charge < -0.3 is 23.7 Å². The molecular weight excluding hydrogens is 476 g/mol. The molecule has 0 aromatic heterocycles. The van der Waals surface area contributed by atoms with Crippen LogP contribution in [0.25, 0.3) is 0 Å². The second kappa shape index (κ2) is 14.3. The molecule has 3 aromatic rings. The standard InChI is InChI=1S/C30H33ClO5/c1-2-18-33-28-27(34-20-24-14-8-4-9-15-24)26(22-32-19-23-12-6-3-7-13-23)36-30(31)29(28)35-21-25-16-10-5-11-17-25/h2-17,26-30H,1,18-22H2/t26-,27+,28+,29-,30?/m1/s1. The number of alkyl halides is 1. The lowest BCUT2D eigenvalue weighted by molar-refractivity contribution is -0.251. The van der Waals surface area contributed by atoms with Crippen LogP contribution in [0.5, 0.6) is 0 Å². The summed E-state index contributed by atoms with van der Waals surface area (Å²) in [5.41, 5.74) is 2.45. The van der Waals surface area contributed by atoms with Crippen LogP contribution in [0.1, 0.15) is 16.7 Å². The van der Waals surface area contributed by atoms with Crippen LogP contribution in [0.3, 0.4) is 0 Å². The van der Waals surface area contributed by atoms with Crippen molar-refractivity contribution in [2.75, 3.05) is 13.2 Å². The van der Waals surface area contributed by atoms with E-state index in [2.05, 4.69) is 6.58 Å². The Morgan fingerprint density at radius 3 is 1.69 bits per heavy atom. The van der Waals surface area contributed by atoms with Gasteiger partial charge in [-0.1, -0.05) is 109 Å². The Bertz CT molecular complexity index is 1020. The minimum absolute atomic E-state index is 0.303. The Kier molecular flexibility index (Phi) is 10.5. The molecule has 3 aromatic carbocycles. The van der Waals surface area contributed by atoms with Gasteiger partial charge in [-0.05, 0) is 16.7 Å². The fraction of sp³-hybridized carbons (Fsp3) is 0.333. The molecule has 1 aliphatic heterocycles. The summed E-state index contributed by atoms with van der Waals surface area (Å²) in [7, 11) is 0. The molecule has 5 atom stereocenters. The molecule has 6 heteroatoms. The van der Waals surface area contributed by atoms with Crippen LogP contribution >= 0.6 is 11.6 Å². The smallest absolute Gasteiger partial charge is 0.160 e. The highest BCUT2D eigenvalue weighted by Crippen LogP contribution is 2.31. The molecule has 0 aliphatic carbocycles. The van der Waals surface area contributed by atoms with Gasteiger partial charge in [-0.25, -0.2) is 0 Å². The van der Waals surface area contributed by atoms with Crippen LogP contribution in [-0.4, -0.2) is 43.2 Å². The third-order valence-corrected chi connectivity index (χ3v) is 6.30. The monoisotopic (exact) mass is 508 g/mol. The van der Waals surface area contributed by atoms with E-state index in [9.17, 15) is 0 Å². The van der Waals surface area contributed by atoms with Crippen LogP contribution in [0.4, 0.5) is 0 Å². The van der Waals surface area contributed by atoms with Crippen molar-refractivity contribution in [3.05, 3.63) is 120 Å². The lowest BCUT2D eigenvalue weighted by Crippen LogP contribution is -2.59. The number of halogens is 1. The summed E-state index contributed by atoms with van der Waals surface area (Å²) in [4.78, 5) is 0. The summed E-state index contributed by atoms with van der Waals surface area (Å²) in [6.45, 7) is 5.69. The second-order valence-electron chi connectivity index (χ2n) is 8.64. The summed E-state index contributed by atoms with van der Waals surface area (Å²) in [6.07, 6.45) is -0.208. The summed E-state index contributed by atoms with van der Waals surface area (Å²) in [5, 5.41) is 0. The topological polar surface area (TPSA) is 46.2 Å². The molecule has 1 unspecified atom stereocenters. The molecule has 0 radical (unpaired) electrons. The number of benzene rings is 3. The lowest BCUT2D eigenvalue weighted by Gasteiger charge is -2.44. The summed E-state index contributed by atoms with van der Waals surface area (Å²) >= 11 is 6.73. The Morgan fingerprint density at radius 2 is 1.17 bits per heavy atom. The van der Waals surface area contributed by atoms with E-state index in [-0.39, 0.29) is 0 Å². The predicted molar refractivity (Wildman–Crippen MR) is 141 cm³/mol. The van der Waals surface area contributed by atoms with Crippen LogP contribution in [0.2, 0.25) is 0 Å². The first kappa shape index (κ1) is 26.6. The van der Waals surface area contributed by atoms with Gasteiger partial charge in [0, 0.05) is 0 Å². The van der Waals surface area contributed by atoms with E-state index in [0.29, 0.717) is 33.0 Å². The molecule has 1 aliphatic rings. The van der Waals surface area contributed by atoms with Gasteiger partial charge in [0.25, 0.3) is 0 Å². The molecule has 4 rings (SSSR count). The molecule has 1 heterocycles. The number of hydrogen-bond donors (Lipinski definition) is 0. The average molecular weight is 509 g/mol. The Labute approximate surface area is 218 Å². The Hall–Kier alpha value is -2.51. The highest BCUT2D eigenvalue weighted by molar-refractivity contribution is 6.20. The largest absolute Gasteiger partial charge is 0.374 e. The normalized spacial score (nSPS) is 23.9. The van der Waals surface area contributed by atoms with E-state index in [4.69, 9.17) is 35.3 Å². The van der Waals surface area contributed by atoms with Crippen molar-refractivity contribution in [1.82, 2.24) is 0 Å². The lowest BCUT2D eigenvalue weighted by atomic mass is 9.99. The van der Waals surface area contributed by atoms with Gasteiger partial charge in [0.1, 0.15) is 24.4 Å². The number of ether oxygens (including phenoxy) is 5. The second-order valence-corrected chi connectivity index (χ2v) is 9.07. The molecule has 0 amide bonds. The van der Waals surface area contributed by atoms with Gasteiger partial charge >= 0.3 is 0 Å². The third kappa shape index (κ3) is 7.74. The summed E-state index contributed by atoms with van der Waals surface area (Å²) < 4.78 is 31.1. The van der Waals surface area contributed by atoms with E-state index < -0.39 is 30.0 Å². The van der Waals surface area contributed by atoms with Gasteiger partial charge in [-0.15, -0.1) is 6.58 Å². The van der Waals surface area contributed by atoms with E-state index in [1.807, 2.05) is 91.0 Å². The van der Waals surface area contributed by atoms with Gasteiger partial charge in [-0.2, -0.15) is 0 Å². The summed E-state index contributed by atoms with van der Waals surface area (Å²) in [5.74, 6) is 0. The van der Waals surface area contributed by atoms with E-state index >= 15 is 0 Å². The van der Waals surface area contributed by atoms with Crippen molar-refractivity contribution in [2.24, 2.45) is 0 Å². The molecule has 1 fully saturated rings. The maximum Gasteiger partial charge on any atom is 0.160 e. The molecule has 190 valence electrons. The van der Waals surface area contributed by atoms with E-state index in [1.165, 1.54) is 0 Å². The van der Waals surface area contributed by atoms with Crippen molar-refractivity contribution in [3.63, 3.8) is 0 Å². The fourth-order valence-electron chi connectivity index (χ4n) is 4.15. The Morgan fingerprint density at radius 1 is 0.667 bits per heavy atom. The van der Waals surface area contributed by atoms with Gasteiger partial charge in [-0.3, -0.25) is 0 Å². The molecular formula is C30H33ClO5. The average Bonchev–Trinajstić information content (AvgIpc) is 2.92. The number of hydrogen-bond acceptors (Lipinski definition) is 5. The highest BCUT2D eigenvalue weighted by atomic mass is 35.5. The minimum Gasteiger partial charge on any atom is -0.374 e. The maximum atomic E-state index is 6.73. The fourth-order valence-corrected chi connectivity index (χ4v) is 4.49. The van der Waals surface area contributed by atoms with E-state index in [0.717, 1.165) is 16.7 Å². The van der Waals surface area contributed by atoms with Gasteiger partial charge in [0.05, 0.1) is 33.0 Å². The van der Waals surface area contributed by atoms with Crippen molar-refractivity contribution < 1.29 is 23.7 Å². The van der Waals surface area contributed by atoms with Crippen LogP contribution in [0, 0.1) is 0 Å². The van der Waals surface area contributed by atoms with Gasteiger partial charge in [0.15, 0.2) is 5.56 Å². The number of rotatable bonds is 13. The zero-order valence-corrected chi connectivity index (χ0v) is 21.0. The molecule has 0 N–H and O–H groups in total. The molecule has 0 saturated carbocycles. The molecule has 5 nitrogen and oxygen atoms in total. The van der Waals surface area contributed by atoms with Crippen molar-refractivity contribution >= 4 is 11.6 Å². The van der Waals surface area contributed by atoms with E-state index in [1.54, 1.807) is 6.08 Å². The van der Waals surface area contributed by atoms with Crippen LogP contribution in [0.15, 0.2) is 104 Å². The molecule has 0 bridgehead atoms.